The summed E-state index contributed by atoms with van der Waals surface area (Å²) in [5.41, 5.74) is 14.0. The highest BCUT2D eigenvalue weighted by atomic mass is 31.1. The summed E-state index contributed by atoms with van der Waals surface area (Å²) < 4.78 is 17.1. The van der Waals surface area contributed by atoms with Crippen molar-refractivity contribution in [2.45, 2.75) is 41.0 Å². The lowest BCUT2D eigenvalue weighted by atomic mass is 9.85. The molecule has 2 aliphatic heterocycles. The van der Waals surface area contributed by atoms with E-state index in [1.54, 1.807) is 0 Å². The molecule has 16 rings (SSSR count). The Bertz CT molecular complexity index is 5230. The number of rotatable bonds is 2. The molecular weight excluding hydrogens is 996 g/mol. The van der Waals surface area contributed by atoms with Crippen molar-refractivity contribution >= 4 is 100 Å². The van der Waals surface area contributed by atoms with Gasteiger partial charge in [-0.25, -0.2) is 0 Å². The van der Waals surface area contributed by atoms with E-state index >= 15 is 4.79 Å². The summed E-state index contributed by atoms with van der Waals surface area (Å²) in [5, 5.41) is 7.91. The summed E-state index contributed by atoms with van der Waals surface area (Å²) >= 11 is 0. The second-order valence-electron chi connectivity index (χ2n) is 21.0. The molecule has 0 saturated carbocycles. The van der Waals surface area contributed by atoms with Gasteiger partial charge in [0.1, 0.15) is 23.0 Å². The first kappa shape index (κ1) is 46.8. The summed E-state index contributed by atoms with van der Waals surface area (Å²) in [6.45, 7) is 10.8. The van der Waals surface area contributed by atoms with Crippen molar-refractivity contribution in [3.8, 4) is 34.1 Å². The van der Waals surface area contributed by atoms with Gasteiger partial charge in [-0.1, -0.05) is 103 Å². The van der Waals surface area contributed by atoms with Gasteiger partial charge in [-0.2, -0.15) is 0 Å². The molecule has 0 saturated heterocycles. The van der Waals surface area contributed by atoms with Crippen LogP contribution in [0, 0.1) is 34.6 Å². The zero-order valence-electron chi connectivity index (χ0n) is 43.8. The monoisotopic (exact) mass is 1040 g/mol. The normalized spacial score (nSPS) is 13.6. The number of ether oxygens (including phenoxy) is 2. The van der Waals surface area contributed by atoms with Crippen LogP contribution in [0.4, 0.5) is 0 Å². The predicted octanol–water partition coefficient (Wildman–Crippen LogP) is 13.9. The minimum atomic E-state index is -0.982. The van der Waals surface area contributed by atoms with Crippen LogP contribution in [0.1, 0.15) is 38.9 Å². The molecule has 1 atom stereocenters. The van der Waals surface area contributed by atoms with E-state index in [4.69, 9.17) is 9.47 Å². The molecule has 9 heteroatoms. The van der Waals surface area contributed by atoms with E-state index in [-0.39, 0.29) is 21.7 Å². The van der Waals surface area contributed by atoms with Crippen molar-refractivity contribution in [3.63, 3.8) is 0 Å². The molecule has 0 bridgehead atoms. The average molecular weight is 1040 g/mol. The van der Waals surface area contributed by atoms with Crippen molar-refractivity contribution in [2.75, 3.05) is 0 Å². The number of hydrogen-bond acceptors (Lipinski definition) is 6. The summed E-state index contributed by atoms with van der Waals surface area (Å²) in [7, 11) is -0.982. The molecule has 1 unspecified atom stereocenters. The van der Waals surface area contributed by atoms with Crippen LogP contribution in [0.15, 0.2) is 201 Å². The molecule has 0 aliphatic carbocycles. The maximum absolute atomic E-state index is 15.1. The van der Waals surface area contributed by atoms with Gasteiger partial charge in [0, 0.05) is 49.5 Å². The van der Waals surface area contributed by atoms with E-state index in [2.05, 4.69) is 92.0 Å². The van der Waals surface area contributed by atoms with Gasteiger partial charge in [-0.15, -0.1) is 0 Å². The van der Waals surface area contributed by atoms with Gasteiger partial charge in [0.2, 0.25) is 5.43 Å². The van der Waals surface area contributed by atoms with Crippen LogP contribution in [0.2, 0.25) is 0 Å². The van der Waals surface area contributed by atoms with Crippen LogP contribution < -0.4 is 47.1 Å². The van der Waals surface area contributed by atoms with Crippen LogP contribution in [-0.4, -0.2) is 8.80 Å². The first-order valence-electron chi connectivity index (χ1n) is 26.5. The first-order valence-corrected chi connectivity index (χ1v) is 27.9. The average Bonchev–Trinajstić information content (AvgIpc) is 3.49. The molecule has 0 amide bonds. The standard InChI is InChI=1S/C43H32NO3P.C27H15NO3/c1-23-24(2)26(4)38(27(5)25(23)3)28-21-31-40-32(22-28)42(46)39-34(44(40)33-16-10-9-15-30(33)41(31)45)19-20-37-43(39)47-35-17-11-12-18-36(35)48(37)29-13-7-6-8-14-29;29-26-16-8-2-4-10-20(16)28-21-11-5-3-9-17(21)27(30)24-18-13-15-7-1-6-12-22(15)31-23(18)14-19(26)25(24)28/h6-22H,1-5H3;1-12,14H,13H2. The fourth-order valence-electron chi connectivity index (χ4n) is 12.9. The van der Waals surface area contributed by atoms with Crippen LogP contribution in [-0.2, 0) is 6.42 Å². The highest BCUT2D eigenvalue weighted by Crippen LogP contribution is 2.48. The Balaban J connectivity index is 0.000000150. The quantitative estimate of drug-likeness (QED) is 0.0972. The molecule has 10 aromatic carbocycles. The number of fused-ring (bicyclic) bond motifs is 14. The molecule has 0 spiro atoms. The Morgan fingerprint density at radius 2 is 0.899 bits per heavy atom. The van der Waals surface area contributed by atoms with Crippen molar-refractivity contribution in [1.29, 1.82) is 0 Å². The molecule has 8 nitrogen and oxygen atoms in total. The largest absolute Gasteiger partial charge is 0.457 e. The van der Waals surface area contributed by atoms with Gasteiger partial charge in [0.25, 0.3) is 0 Å². The Morgan fingerprint density at radius 3 is 1.56 bits per heavy atom. The maximum atomic E-state index is 15.1. The van der Waals surface area contributed by atoms with Crippen LogP contribution in [0.25, 0.3) is 87.3 Å². The molecular formula is C70H47N2O6P. The fraction of sp³-hybridized carbons (Fsp3) is 0.0857. The van der Waals surface area contributed by atoms with E-state index in [0.717, 1.165) is 77.6 Å². The van der Waals surface area contributed by atoms with Gasteiger partial charge in [-0.05, 0) is 171 Å². The Hall–Kier alpha value is -9.49. The molecule has 79 heavy (non-hydrogen) atoms. The van der Waals surface area contributed by atoms with Crippen molar-refractivity contribution in [3.05, 3.63) is 262 Å². The van der Waals surface area contributed by atoms with Gasteiger partial charge < -0.3 is 18.3 Å². The van der Waals surface area contributed by atoms with E-state index in [9.17, 15) is 14.4 Å². The third kappa shape index (κ3) is 6.59. The number of aromatic nitrogens is 2. The van der Waals surface area contributed by atoms with Crippen LogP contribution in [0.3, 0.4) is 0 Å². The minimum Gasteiger partial charge on any atom is -0.457 e. The highest BCUT2D eigenvalue weighted by Gasteiger charge is 2.33. The molecule has 0 N–H and O–H groups in total. The second-order valence-corrected chi connectivity index (χ2v) is 23.2. The number of para-hydroxylation sites is 5. The van der Waals surface area contributed by atoms with Crippen LogP contribution in [0.5, 0.6) is 23.0 Å². The number of nitrogens with zero attached hydrogens (tertiary/aromatic N) is 2. The topological polar surface area (TPSA) is 95.6 Å². The molecule has 378 valence electrons. The number of benzene rings is 10. The summed E-state index contributed by atoms with van der Waals surface area (Å²) in [5.74, 6) is 2.74. The van der Waals surface area contributed by atoms with E-state index < -0.39 is 7.92 Å². The zero-order chi connectivity index (χ0) is 53.7. The van der Waals surface area contributed by atoms with E-state index in [0.29, 0.717) is 72.0 Å². The maximum Gasteiger partial charge on any atom is 0.201 e. The third-order valence-electron chi connectivity index (χ3n) is 17.1. The molecule has 0 fully saturated rings. The number of hydrogen-bond donors (Lipinski definition) is 0. The predicted molar refractivity (Wildman–Crippen MR) is 325 cm³/mol. The van der Waals surface area contributed by atoms with Crippen molar-refractivity contribution in [1.82, 2.24) is 8.80 Å². The molecule has 2 aliphatic rings. The third-order valence-corrected chi connectivity index (χ3v) is 19.6. The first-order chi connectivity index (χ1) is 38.5. The molecule has 6 heterocycles. The molecule has 0 radical (unpaired) electrons. The number of pyridine rings is 4. The molecule has 14 aromatic rings. The lowest BCUT2D eigenvalue weighted by Crippen LogP contribution is -2.28. The summed E-state index contributed by atoms with van der Waals surface area (Å²) in [4.78, 5) is 56.7. The highest BCUT2D eigenvalue weighted by molar-refractivity contribution is 7.80. The van der Waals surface area contributed by atoms with E-state index in [1.807, 2.05) is 133 Å². The summed E-state index contributed by atoms with van der Waals surface area (Å²) in [6, 6.07) is 59.4. The minimum absolute atomic E-state index is 0.0601. The fourth-order valence-corrected chi connectivity index (χ4v) is 15.4. The SMILES string of the molecule is Cc1c(C)c(C)c(-c2cc3c(=O)c4ccccc4n4c5ccc6c(c5c(=O)c(c2)c34)Oc2ccccc2P6c2ccccc2)c(C)c1C.O=c1c2ccccc2n2c3ccccc3c(=O)c3c4c(cc1c32)Oc1ccccc1C4. The summed E-state index contributed by atoms with van der Waals surface area (Å²) in [6.07, 6.45) is 0.589. The second kappa shape index (κ2) is 17.3. The lowest BCUT2D eigenvalue weighted by molar-refractivity contribution is 0.462. The Morgan fingerprint density at radius 1 is 0.392 bits per heavy atom. The zero-order valence-corrected chi connectivity index (χ0v) is 44.7. The Kier molecular flexibility index (Phi) is 10.2. The molecule has 4 aromatic heterocycles. The van der Waals surface area contributed by atoms with E-state index in [1.165, 1.54) is 22.0 Å². The van der Waals surface area contributed by atoms with Gasteiger partial charge in [0.15, 0.2) is 16.3 Å². The van der Waals surface area contributed by atoms with Crippen molar-refractivity contribution < 1.29 is 9.47 Å². The smallest absolute Gasteiger partial charge is 0.201 e. The van der Waals surface area contributed by atoms with Crippen LogP contribution >= 0.6 is 7.92 Å². The van der Waals surface area contributed by atoms with Gasteiger partial charge in [0.05, 0.1) is 49.3 Å². The van der Waals surface area contributed by atoms with Gasteiger partial charge in [-0.3, -0.25) is 19.2 Å². The lowest BCUT2D eigenvalue weighted by Gasteiger charge is -2.30. The van der Waals surface area contributed by atoms with Crippen molar-refractivity contribution in [2.24, 2.45) is 0 Å². The Labute approximate surface area is 453 Å². The van der Waals surface area contributed by atoms with Gasteiger partial charge >= 0.3 is 0 Å².